The van der Waals surface area contributed by atoms with Crippen molar-refractivity contribution in [3.05, 3.63) is 184 Å². The zero-order chi connectivity index (χ0) is 60.5. The second-order valence-electron chi connectivity index (χ2n) is 19.9. The molecule has 3 unspecified atom stereocenters. The van der Waals surface area contributed by atoms with E-state index in [9.17, 15) is 34.5 Å². The average molecular weight is 1160 g/mol. The molecular weight excluding hydrogens is 1070 g/mol. The predicted molar refractivity (Wildman–Crippen MR) is 325 cm³/mol. The molecule has 3 atom stereocenters. The van der Waals surface area contributed by atoms with Crippen LogP contribution in [-0.2, 0) is 38.4 Å². The first kappa shape index (κ1) is 69.2. The Bertz CT molecular complexity index is 2750. The molecule has 6 rings (SSSR count). The van der Waals surface area contributed by atoms with Crippen LogP contribution in [0.4, 0.5) is 0 Å². The summed E-state index contributed by atoms with van der Waals surface area (Å²) in [6, 6.07) is 49.1. The molecule has 0 amide bonds. The molecule has 6 aromatic rings. The van der Waals surface area contributed by atoms with E-state index in [-0.39, 0.29) is 0 Å². The molecule has 0 saturated heterocycles. The Morgan fingerprint density at radius 3 is 1.17 bits per heavy atom. The van der Waals surface area contributed by atoms with E-state index in [1.54, 1.807) is 62.8 Å². The largest absolute Gasteiger partial charge is 0.497 e. The van der Waals surface area contributed by atoms with Crippen molar-refractivity contribution in [2.75, 3.05) is 14.2 Å². The van der Waals surface area contributed by atoms with Crippen LogP contribution in [0.15, 0.2) is 152 Å². The van der Waals surface area contributed by atoms with E-state index in [0.717, 1.165) is 118 Å². The molecule has 0 heterocycles. The number of aliphatic carboxylic acids is 4. The Hall–Kier alpha value is -8.02. The Balaban J connectivity index is 0.000000304. The molecule has 0 aliphatic rings. The number of hydrogen-bond donors (Lipinski definition) is 4. The number of nitrogens with zero attached hydrogens (tertiary/aromatic N) is 1. The lowest BCUT2D eigenvalue weighted by molar-refractivity contribution is -0.146. The summed E-state index contributed by atoms with van der Waals surface area (Å²) in [5.74, 6) is -0.273. The van der Waals surface area contributed by atoms with Crippen molar-refractivity contribution in [2.24, 2.45) is 0 Å². The molecular formula is C68H84ClNO13. The van der Waals surface area contributed by atoms with Gasteiger partial charge < -0.3 is 44.1 Å². The lowest BCUT2D eigenvalue weighted by atomic mass is 10.0. The molecule has 0 saturated carbocycles. The number of halogens is 1. The zero-order valence-electron chi connectivity index (χ0n) is 48.6. The molecule has 0 radical (unpaired) electrons. The van der Waals surface area contributed by atoms with E-state index >= 15 is 0 Å². The molecule has 83 heavy (non-hydrogen) atoms. The quantitative estimate of drug-likeness (QED) is 0.0276. The average Bonchev–Trinajstić information content (AvgIpc) is 3.49. The van der Waals surface area contributed by atoms with Gasteiger partial charge in [0.15, 0.2) is 18.3 Å². The molecule has 0 bridgehead atoms. The Morgan fingerprint density at radius 1 is 0.446 bits per heavy atom. The number of carboxylic acids is 4. The van der Waals surface area contributed by atoms with Gasteiger partial charge in [0, 0.05) is 11.4 Å². The fourth-order valence-corrected chi connectivity index (χ4v) is 8.49. The second-order valence-corrected chi connectivity index (χ2v) is 20.4. The van der Waals surface area contributed by atoms with Crippen LogP contribution in [0, 0.1) is 18.3 Å². The van der Waals surface area contributed by atoms with Crippen molar-refractivity contribution in [3.63, 3.8) is 0 Å². The number of carboxylic acid groups (broad SMARTS) is 4. The van der Waals surface area contributed by atoms with Gasteiger partial charge in [-0.2, -0.15) is 5.26 Å². The zero-order valence-corrected chi connectivity index (χ0v) is 49.4. The summed E-state index contributed by atoms with van der Waals surface area (Å²) < 4.78 is 26.9. The van der Waals surface area contributed by atoms with Crippen LogP contribution in [-0.4, -0.2) is 76.8 Å². The number of rotatable bonds is 34. The molecule has 4 N–H and O–H groups in total. The SMILES string of the molecule is CCCCCCC(=O)O.COc1ccc(CCCCCC(Oc2ccc(C)cc2)C(=O)O)cc1.COc1ccc(OC(CCCCCc2ccccc2)C(=O)O)cc1.N#Cc1ccc(OC(CCCCCc2ccc(Cl)cc2)C(=O)O)cc1. The van der Waals surface area contributed by atoms with Crippen molar-refractivity contribution >= 4 is 35.5 Å². The minimum atomic E-state index is -0.970. The van der Waals surface area contributed by atoms with Gasteiger partial charge in [-0.05, 0) is 192 Å². The van der Waals surface area contributed by atoms with Gasteiger partial charge in [-0.15, -0.1) is 0 Å². The second kappa shape index (κ2) is 41.9. The highest BCUT2D eigenvalue weighted by Crippen LogP contribution is 2.23. The Morgan fingerprint density at radius 2 is 0.795 bits per heavy atom. The topological polar surface area (TPSA) is 219 Å². The van der Waals surface area contributed by atoms with E-state index in [0.29, 0.717) is 48.5 Å². The molecule has 0 spiro atoms. The molecule has 0 fully saturated rings. The van der Waals surface area contributed by atoms with Gasteiger partial charge in [0.1, 0.15) is 28.7 Å². The van der Waals surface area contributed by atoms with E-state index < -0.39 is 42.2 Å². The first-order valence-electron chi connectivity index (χ1n) is 28.6. The van der Waals surface area contributed by atoms with Crippen molar-refractivity contribution in [1.82, 2.24) is 0 Å². The fraction of sp³-hybridized carbons (Fsp3) is 0.397. The van der Waals surface area contributed by atoms with E-state index in [2.05, 4.69) is 31.2 Å². The lowest BCUT2D eigenvalue weighted by Gasteiger charge is -2.15. The monoisotopic (exact) mass is 1160 g/mol. The van der Waals surface area contributed by atoms with Gasteiger partial charge in [-0.1, -0.05) is 129 Å². The summed E-state index contributed by atoms with van der Waals surface area (Å²) in [6.07, 6.45) is 15.0. The highest BCUT2D eigenvalue weighted by atomic mass is 35.5. The van der Waals surface area contributed by atoms with E-state index in [1.807, 2.05) is 91.9 Å². The van der Waals surface area contributed by atoms with Crippen LogP contribution in [0.3, 0.4) is 0 Å². The third-order valence-corrected chi connectivity index (χ3v) is 13.4. The maximum atomic E-state index is 11.4. The summed E-state index contributed by atoms with van der Waals surface area (Å²) in [7, 11) is 3.25. The summed E-state index contributed by atoms with van der Waals surface area (Å²) in [6.45, 7) is 4.10. The van der Waals surface area contributed by atoms with Gasteiger partial charge in [-0.3, -0.25) is 4.79 Å². The molecule has 14 nitrogen and oxygen atoms in total. The van der Waals surface area contributed by atoms with Gasteiger partial charge >= 0.3 is 23.9 Å². The van der Waals surface area contributed by atoms with Crippen molar-refractivity contribution in [3.8, 4) is 34.8 Å². The molecule has 0 aliphatic heterocycles. The minimum absolute atomic E-state index is 0.333. The Labute approximate surface area is 495 Å². The standard InChI is InChI=1S/C21H26O4.C20H20ClNO3.C20H24O4.C7H14O2/c1-16-8-12-19(13-9-16)25-20(21(22)23)7-5-3-4-6-17-10-14-18(24-2)15-11-17;21-17-10-6-15(7-11-17)4-2-1-3-5-19(20(23)24)25-18-12-8-16(14-22)9-13-18;1-23-17-12-14-18(15-13-17)24-19(20(21)22)11-7-3-6-10-16-8-4-2-5-9-16;1-2-3-4-5-6-7(8)9/h8-15,20H,3-7H2,1-2H3,(H,22,23);6-13,19H,1-5H2,(H,23,24);2,4-5,8-9,12-15,19H,3,6-7,10-11H2,1H3,(H,21,22);2-6H2,1H3,(H,8,9). The van der Waals surface area contributed by atoms with Crippen LogP contribution in [0.1, 0.15) is 144 Å². The van der Waals surface area contributed by atoms with Crippen molar-refractivity contribution in [1.29, 1.82) is 5.26 Å². The van der Waals surface area contributed by atoms with E-state index in [4.69, 9.17) is 45.7 Å². The first-order valence-corrected chi connectivity index (χ1v) is 29.0. The third-order valence-electron chi connectivity index (χ3n) is 13.2. The number of ether oxygens (including phenoxy) is 5. The molecule has 15 heteroatoms. The number of aryl methyl sites for hydroxylation is 4. The summed E-state index contributed by atoms with van der Waals surface area (Å²) in [5.41, 5.74) is 5.46. The van der Waals surface area contributed by atoms with Crippen LogP contribution >= 0.6 is 11.6 Å². The molecule has 0 aliphatic carbocycles. The summed E-state index contributed by atoms with van der Waals surface area (Å²) in [5, 5.41) is 45.7. The van der Waals surface area contributed by atoms with Gasteiger partial charge in [0.05, 0.1) is 25.9 Å². The summed E-state index contributed by atoms with van der Waals surface area (Å²) >= 11 is 5.86. The molecule has 446 valence electrons. The van der Waals surface area contributed by atoms with Crippen LogP contribution < -0.4 is 23.7 Å². The van der Waals surface area contributed by atoms with Crippen molar-refractivity contribution < 1.29 is 63.3 Å². The number of methoxy groups -OCH3 is 2. The summed E-state index contributed by atoms with van der Waals surface area (Å²) in [4.78, 5) is 44.1. The van der Waals surface area contributed by atoms with Gasteiger partial charge in [-0.25, -0.2) is 14.4 Å². The maximum Gasteiger partial charge on any atom is 0.344 e. The third kappa shape index (κ3) is 31.7. The van der Waals surface area contributed by atoms with Crippen LogP contribution in [0.5, 0.6) is 28.7 Å². The van der Waals surface area contributed by atoms with Crippen molar-refractivity contribution in [2.45, 2.75) is 161 Å². The number of carbonyl (C=O) groups is 4. The van der Waals surface area contributed by atoms with Crippen LogP contribution in [0.25, 0.3) is 0 Å². The maximum absolute atomic E-state index is 11.4. The Kier molecular flexibility index (Phi) is 35.0. The highest BCUT2D eigenvalue weighted by Gasteiger charge is 2.21. The minimum Gasteiger partial charge on any atom is -0.497 e. The van der Waals surface area contributed by atoms with Crippen LogP contribution in [0.2, 0.25) is 5.02 Å². The smallest absolute Gasteiger partial charge is 0.344 e. The number of benzene rings is 6. The number of unbranched alkanes of at least 4 members (excludes halogenated alkanes) is 9. The lowest BCUT2D eigenvalue weighted by Crippen LogP contribution is -2.26. The van der Waals surface area contributed by atoms with Gasteiger partial charge in [0.25, 0.3) is 0 Å². The highest BCUT2D eigenvalue weighted by molar-refractivity contribution is 6.30. The molecule has 0 aromatic heterocycles. The molecule has 6 aromatic carbocycles. The van der Waals surface area contributed by atoms with E-state index in [1.165, 1.54) is 23.1 Å². The first-order chi connectivity index (χ1) is 40.1. The fourth-order valence-electron chi connectivity index (χ4n) is 8.37. The normalized spacial score (nSPS) is 11.4. The predicted octanol–water partition coefficient (Wildman–Crippen LogP) is 15.9. The van der Waals surface area contributed by atoms with Gasteiger partial charge in [0.2, 0.25) is 0 Å². The number of nitriles is 1. The number of hydrogen-bond acceptors (Lipinski definition) is 10.